The Kier molecular flexibility index (Phi) is 3.49. The molecule has 1 heterocycles. The summed E-state index contributed by atoms with van der Waals surface area (Å²) in [6.45, 7) is 2.14. The molecule has 0 aliphatic carbocycles. The van der Waals surface area contributed by atoms with Gasteiger partial charge in [0, 0.05) is 0 Å². The van der Waals surface area contributed by atoms with Gasteiger partial charge < -0.3 is 10.5 Å². The monoisotopic (exact) mass is 181 g/mol. The molecule has 2 N–H and O–H groups in total. The van der Waals surface area contributed by atoms with E-state index in [0.29, 0.717) is 5.95 Å². The minimum atomic E-state index is 0.312. The van der Waals surface area contributed by atoms with Gasteiger partial charge in [0.1, 0.15) is 0 Å². The summed E-state index contributed by atoms with van der Waals surface area (Å²) in [5, 5.41) is 0. The number of rotatable bonds is 4. The Morgan fingerprint density at radius 2 is 2.31 bits per heavy atom. The van der Waals surface area contributed by atoms with Crippen LogP contribution in [0.1, 0.15) is 25.5 Å². The van der Waals surface area contributed by atoms with Gasteiger partial charge >= 0.3 is 0 Å². The van der Waals surface area contributed by atoms with Gasteiger partial charge in [0.25, 0.3) is 0 Å². The summed E-state index contributed by atoms with van der Waals surface area (Å²) in [4.78, 5) is 7.98. The van der Waals surface area contributed by atoms with Crippen molar-refractivity contribution in [3.63, 3.8) is 0 Å². The van der Waals surface area contributed by atoms with Crippen molar-refractivity contribution in [1.82, 2.24) is 9.97 Å². The van der Waals surface area contributed by atoms with Crippen LogP contribution < -0.4 is 10.5 Å². The lowest BCUT2D eigenvalue weighted by Gasteiger charge is -2.06. The Morgan fingerprint density at radius 1 is 1.54 bits per heavy atom. The van der Waals surface area contributed by atoms with Gasteiger partial charge in [0.05, 0.1) is 19.0 Å². The molecule has 4 nitrogen and oxygen atoms in total. The molecule has 0 bridgehead atoms. The molecule has 0 unspecified atom stereocenters. The quantitative estimate of drug-likeness (QED) is 0.762. The molecule has 1 aromatic rings. The standard InChI is InChI=1S/C9H15N3O/c1-3-4-5-7-8(13-2)6-11-9(10)12-7/h6H,3-5H2,1-2H3,(H2,10,11,12). The number of nitrogen functional groups attached to an aromatic ring is 1. The fraction of sp³-hybridized carbons (Fsp3) is 0.556. The number of aromatic nitrogens is 2. The molecule has 1 rings (SSSR count). The molecular formula is C9H15N3O. The normalized spacial score (nSPS) is 10.0. The molecule has 0 aliphatic rings. The van der Waals surface area contributed by atoms with Crippen molar-refractivity contribution in [2.24, 2.45) is 0 Å². The Balaban J connectivity index is 2.81. The van der Waals surface area contributed by atoms with Crippen LogP contribution in [-0.2, 0) is 6.42 Å². The van der Waals surface area contributed by atoms with E-state index < -0.39 is 0 Å². The fourth-order valence-electron chi connectivity index (χ4n) is 1.12. The zero-order valence-corrected chi connectivity index (χ0v) is 8.08. The molecule has 0 aliphatic heterocycles. The van der Waals surface area contributed by atoms with Crippen LogP contribution in [0.2, 0.25) is 0 Å². The van der Waals surface area contributed by atoms with Gasteiger partial charge in [-0.15, -0.1) is 0 Å². The Labute approximate surface area is 78.1 Å². The molecule has 0 amide bonds. The van der Waals surface area contributed by atoms with Crippen LogP contribution in [0.3, 0.4) is 0 Å². The molecule has 0 spiro atoms. The highest BCUT2D eigenvalue weighted by atomic mass is 16.5. The number of methoxy groups -OCH3 is 1. The summed E-state index contributed by atoms with van der Waals surface area (Å²) in [6, 6.07) is 0. The Hall–Kier alpha value is -1.32. The summed E-state index contributed by atoms with van der Waals surface area (Å²) >= 11 is 0. The summed E-state index contributed by atoms with van der Waals surface area (Å²) in [5.41, 5.74) is 6.38. The summed E-state index contributed by atoms with van der Waals surface area (Å²) in [6.07, 6.45) is 4.74. The zero-order valence-electron chi connectivity index (χ0n) is 8.08. The van der Waals surface area contributed by atoms with Crippen molar-refractivity contribution >= 4 is 5.95 Å². The first-order valence-corrected chi connectivity index (χ1v) is 4.43. The predicted molar refractivity (Wildman–Crippen MR) is 51.6 cm³/mol. The van der Waals surface area contributed by atoms with Crippen molar-refractivity contribution in [2.45, 2.75) is 26.2 Å². The molecule has 4 heteroatoms. The predicted octanol–water partition coefficient (Wildman–Crippen LogP) is 1.41. The number of ether oxygens (including phenoxy) is 1. The van der Waals surface area contributed by atoms with Crippen LogP contribution in [0.4, 0.5) is 5.95 Å². The van der Waals surface area contributed by atoms with E-state index in [1.165, 1.54) is 0 Å². The van der Waals surface area contributed by atoms with Gasteiger partial charge in [-0.2, -0.15) is 0 Å². The van der Waals surface area contributed by atoms with Gasteiger partial charge in [-0.3, -0.25) is 0 Å². The van der Waals surface area contributed by atoms with E-state index in [9.17, 15) is 0 Å². The molecule has 0 fully saturated rings. The third-order valence-electron chi connectivity index (χ3n) is 1.84. The minimum absolute atomic E-state index is 0.312. The highest BCUT2D eigenvalue weighted by molar-refractivity contribution is 5.30. The zero-order chi connectivity index (χ0) is 9.68. The van der Waals surface area contributed by atoms with Crippen LogP contribution >= 0.6 is 0 Å². The lowest BCUT2D eigenvalue weighted by molar-refractivity contribution is 0.404. The molecule has 72 valence electrons. The van der Waals surface area contributed by atoms with Gasteiger partial charge in [-0.05, 0) is 12.8 Å². The van der Waals surface area contributed by atoms with Crippen LogP contribution in [0, 0.1) is 0 Å². The summed E-state index contributed by atoms with van der Waals surface area (Å²) in [5.74, 6) is 1.04. The molecule has 13 heavy (non-hydrogen) atoms. The number of nitrogens with two attached hydrogens (primary N) is 1. The van der Waals surface area contributed by atoms with Crippen molar-refractivity contribution in [3.8, 4) is 5.75 Å². The van der Waals surface area contributed by atoms with E-state index in [4.69, 9.17) is 10.5 Å². The highest BCUT2D eigenvalue weighted by Crippen LogP contribution is 2.17. The van der Waals surface area contributed by atoms with Gasteiger partial charge in [-0.1, -0.05) is 13.3 Å². The number of hydrogen-bond acceptors (Lipinski definition) is 4. The SMILES string of the molecule is CCCCc1nc(N)ncc1OC. The first-order chi connectivity index (χ1) is 6.27. The maximum atomic E-state index is 5.48. The third-order valence-corrected chi connectivity index (χ3v) is 1.84. The van der Waals surface area contributed by atoms with E-state index in [0.717, 1.165) is 30.7 Å². The highest BCUT2D eigenvalue weighted by Gasteiger charge is 2.04. The molecule has 0 atom stereocenters. The average Bonchev–Trinajstić information content (AvgIpc) is 2.15. The second-order valence-corrected chi connectivity index (χ2v) is 2.85. The van der Waals surface area contributed by atoms with Crippen LogP contribution in [0.5, 0.6) is 5.75 Å². The van der Waals surface area contributed by atoms with Gasteiger partial charge in [0.2, 0.25) is 5.95 Å². The molecule has 1 aromatic heterocycles. The minimum Gasteiger partial charge on any atom is -0.493 e. The maximum absolute atomic E-state index is 5.48. The molecule has 0 saturated heterocycles. The summed E-state index contributed by atoms with van der Waals surface area (Å²) in [7, 11) is 1.62. The lowest BCUT2D eigenvalue weighted by atomic mass is 10.2. The third kappa shape index (κ3) is 2.57. The molecule has 0 saturated carbocycles. The number of unbranched alkanes of at least 4 members (excludes halogenated alkanes) is 1. The topological polar surface area (TPSA) is 61.0 Å². The van der Waals surface area contributed by atoms with E-state index in [2.05, 4.69) is 16.9 Å². The van der Waals surface area contributed by atoms with Crippen molar-refractivity contribution in [1.29, 1.82) is 0 Å². The van der Waals surface area contributed by atoms with Gasteiger partial charge in [0.15, 0.2) is 5.75 Å². The van der Waals surface area contributed by atoms with E-state index >= 15 is 0 Å². The number of nitrogens with zero attached hydrogens (tertiary/aromatic N) is 2. The Morgan fingerprint density at radius 3 is 2.92 bits per heavy atom. The van der Waals surface area contributed by atoms with E-state index in [1.807, 2.05) is 0 Å². The lowest BCUT2D eigenvalue weighted by Crippen LogP contribution is -2.02. The van der Waals surface area contributed by atoms with Crippen molar-refractivity contribution in [3.05, 3.63) is 11.9 Å². The van der Waals surface area contributed by atoms with Crippen molar-refractivity contribution in [2.75, 3.05) is 12.8 Å². The average molecular weight is 181 g/mol. The first-order valence-electron chi connectivity index (χ1n) is 4.43. The number of anilines is 1. The largest absolute Gasteiger partial charge is 0.493 e. The maximum Gasteiger partial charge on any atom is 0.220 e. The van der Waals surface area contributed by atoms with E-state index in [-0.39, 0.29) is 0 Å². The summed E-state index contributed by atoms with van der Waals surface area (Å²) < 4.78 is 5.12. The second kappa shape index (κ2) is 4.64. The molecular weight excluding hydrogens is 166 g/mol. The fourth-order valence-corrected chi connectivity index (χ4v) is 1.12. The molecule has 0 aromatic carbocycles. The second-order valence-electron chi connectivity index (χ2n) is 2.85. The van der Waals surface area contributed by atoms with Crippen LogP contribution in [-0.4, -0.2) is 17.1 Å². The smallest absolute Gasteiger partial charge is 0.220 e. The van der Waals surface area contributed by atoms with Crippen LogP contribution in [0.25, 0.3) is 0 Å². The Bertz CT molecular complexity index is 276. The van der Waals surface area contributed by atoms with Crippen molar-refractivity contribution < 1.29 is 4.74 Å². The molecule has 0 radical (unpaired) electrons. The van der Waals surface area contributed by atoms with Gasteiger partial charge in [-0.25, -0.2) is 9.97 Å². The van der Waals surface area contributed by atoms with Crippen LogP contribution in [0.15, 0.2) is 6.20 Å². The first kappa shape index (κ1) is 9.77. The number of aryl methyl sites for hydroxylation is 1. The van der Waals surface area contributed by atoms with E-state index in [1.54, 1.807) is 13.3 Å². The number of hydrogen-bond donors (Lipinski definition) is 1.